The lowest BCUT2D eigenvalue weighted by Gasteiger charge is -2.09. The van der Waals surface area contributed by atoms with E-state index < -0.39 is 4.92 Å². The molecule has 7 heteroatoms. The summed E-state index contributed by atoms with van der Waals surface area (Å²) in [5, 5.41) is 10.7. The summed E-state index contributed by atoms with van der Waals surface area (Å²) in [5.41, 5.74) is 6.00. The number of rotatable bonds is 11. The van der Waals surface area contributed by atoms with Gasteiger partial charge < -0.3 is 19.9 Å². The van der Waals surface area contributed by atoms with Gasteiger partial charge in [-0.3, -0.25) is 10.1 Å². The number of hydrogen-bond acceptors (Lipinski definition) is 6. The molecule has 2 N–H and O–H groups in total. The zero-order chi connectivity index (χ0) is 15.5. The topological polar surface area (TPSA) is 96.8 Å². The summed E-state index contributed by atoms with van der Waals surface area (Å²) in [6, 6.07) is 4.10. The predicted molar refractivity (Wildman–Crippen MR) is 79.5 cm³/mol. The molecule has 0 heterocycles. The Bertz CT molecular complexity index is 439. The average molecular weight is 298 g/mol. The molecule has 0 spiro atoms. The number of unbranched alkanes of at least 4 members (excludes halogenated alkanes) is 1. The Morgan fingerprint density at radius 3 is 2.48 bits per heavy atom. The zero-order valence-corrected chi connectivity index (χ0v) is 12.2. The van der Waals surface area contributed by atoms with Crippen molar-refractivity contribution in [3.8, 4) is 5.75 Å². The molecule has 1 rings (SSSR count). The van der Waals surface area contributed by atoms with Crippen LogP contribution in [0.3, 0.4) is 0 Å². The molecule has 0 saturated carbocycles. The standard InChI is InChI=1S/C14H22N2O5/c1-2-3-6-19-7-8-20-9-10-21-14-11-12(16(17)18)4-5-13(14)15/h4-5,11H,2-3,6-10,15H2,1H3. The van der Waals surface area contributed by atoms with Crippen molar-refractivity contribution in [1.82, 2.24) is 0 Å². The summed E-state index contributed by atoms with van der Waals surface area (Å²) < 4.78 is 16.0. The third kappa shape index (κ3) is 6.92. The van der Waals surface area contributed by atoms with Crippen molar-refractivity contribution in [2.24, 2.45) is 0 Å². The number of nitrogens with zero attached hydrogens (tertiary/aromatic N) is 1. The number of nitro groups is 1. The number of nitrogens with two attached hydrogens (primary N) is 1. The first-order chi connectivity index (χ1) is 10.1. The van der Waals surface area contributed by atoms with Crippen molar-refractivity contribution in [2.45, 2.75) is 19.8 Å². The summed E-state index contributed by atoms with van der Waals surface area (Å²) in [5.74, 6) is 0.298. The second-order valence-electron chi connectivity index (χ2n) is 4.41. The number of nitrogen functional groups attached to an aromatic ring is 1. The van der Waals surface area contributed by atoms with E-state index in [2.05, 4.69) is 6.92 Å². The second kappa shape index (κ2) is 9.95. The van der Waals surface area contributed by atoms with E-state index in [-0.39, 0.29) is 12.3 Å². The van der Waals surface area contributed by atoms with Gasteiger partial charge >= 0.3 is 0 Å². The van der Waals surface area contributed by atoms with Gasteiger partial charge in [0.05, 0.1) is 36.5 Å². The molecule has 1 aromatic carbocycles. The zero-order valence-electron chi connectivity index (χ0n) is 12.2. The minimum Gasteiger partial charge on any atom is -0.489 e. The van der Waals surface area contributed by atoms with E-state index in [9.17, 15) is 10.1 Å². The fourth-order valence-electron chi connectivity index (χ4n) is 1.54. The maximum Gasteiger partial charge on any atom is 0.273 e. The molecule has 0 aliphatic rings. The Labute approximate surface area is 124 Å². The molecule has 0 aromatic heterocycles. The highest BCUT2D eigenvalue weighted by Gasteiger charge is 2.09. The van der Waals surface area contributed by atoms with E-state index in [0.29, 0.717) is 31.3 Å². The molecule has 118 valence electrons. The molecule has 0 amide bonds. The van der Waals surface area contributed by atoms with Crippen molar-refractivity contribution in [1.29, 1.82) is 0 Å². The molecule has 1 aromatic rings. The van der Waals surface area contributed by atoms with Crippen LogP contribution in [0, 0.1) is 10.1 Å². The molecule has 21 heavy (non-hydrogen) atoms. The van der Waals surface area contributed by atoms with Crippen LogP contribution in [0.25, 0.3) is 0 Å². The van der Waals surface area contributed by atoms with Crippen LogP contribution >= 0.6 is 0 Å². The van der Waals surface area contributed by atoms with Crippen LogP contribution in [0.5, 0.6) is 5.75 Å². The summed E-state index contributed by atoms with van der Waals surface area (Å²) in [4.78, 5) is 10.2. The number of ether oxygens (including phenoxy) is 3. The van der Waals surface area contributed by atoms with Crippen molar-refractivity contribution in [3.63, 3.8) is 0 Å². The summed E-state index contributed by atoms with van der Waals surface area (Å²) >= 11 is 0. The van der Waals surface area contributed by atoms with Gasteiger partial charge in [-0.1, -0.05) is 13.3 Å². The van der Waals surface area contributed by atoms with Gasteiger partial charge in [-0.2, -0.15) is 0 Å². The van der Waals surface area contributed by atoms with Gasteiger partial charge in [0, 0.05) is 12.7 Å². The van der Waals surface area contributed by atoms with Crippen LogP contribution in [0.2, 0.25) is 0 Å². The van der Waals surface area contributed by atoms with E-state index in [0.717, 1.165) is 19.4 Å². The number of hydrogen-bond donors (Lipinski definition) is 1. The number of nitro benzene ring substituents is 1. The fourth-order valence-corrected chi connectivity index (χ4v) is 1.54. The molecule has 0 aliphatic carbocycles. The van der Waals surface area contributed by atoms with E-state index in [1.807, 2.05) is 0 Å². The monoisotopic (exact) mass is 298 g/mol. The van der Waals surface area contributed by atoms with Crippen LogP contribution in [0.1, 0.15) is 19.8 Å². The van der Waals surface area contributed by atoms with Crippen LogP contribution in [-0.4, -0.2) is 38.0 Å². The predicted octanol–water partition coefficient (Wildman–Crippen LogP) is 2.39. The molecule has 0 atom stereocenters. The smallest absolute Gasteiger partial charge is 0.273 e. The molecule has 0 saturated heterocycles. The first-order valence-electron chi connectivity index (χ1n) is 6.97. The number of benzene rings is 1. The minimum absolute atomic E-state index is 0.0514. The number of non-ortho nitro benzene ring substituents is 1. The van der Waals surface area contributed by atoms with Gasteiger partial charge in [0.2, 0.25) is 0 Å². The van der Waals surface area contributed by atoms with Crippen molar-refractivity contribution in [2.75, 3.05) is 38.8 Å². The molecule has 0 bridgehead atoms. The lowest BCUT2D eigenvalue weighted by atomic mass is 10.2. The normalized spacial score (nSPS) is 10.5. The van der Waals surface area contributed by atoms with Gasteiger partial charge in [-0.05, 0) is 12.5 Å². The third-order valence-electron chi connectivity index (χ3n) is 2.71. The Hall–Kier alpha value is -1.86. The van der Waals surface area contributed by atoms with Crippen molar-refractivity contribution >= 4 is 11.4 Å². The van der Waals surface area contributed by atoms with Gasteiger partial charge in [0.1, 0.15) is 12.4 Å². The number of anilines is 1. The molecule has 0 radical (unpaired) electrons. The first kappa shape index (κ1) is 17.2. The summed E-state index contributed by atoms with van der Waals surface area (Å²) in [6.07, 6.45) is 2.16. The first-order valence-corrected chi connectivity index (χ1v) is 6.97. The Kier molecular flexibility index (Phi) is 8.15. The van der Waals surface area contributed by atoms with Crippen LogP contribution in [0.15, 0.2) is 18.2 Å². The molecule has 0 fully saturated rings. The quantitative estimate of drug-likeness (QED) is 0.291. The van der Waals surface area contributed by atoms with Gasteiger partial charge in [-0.15, -0.1) is 0 Å². The Morgan fingerprint density at radius 2 is 1.81 bits per heavy atom. The Morgan fingerprint density at radius 1 is 1.14 bits per heavy atom. The van der Waals surface area contributed by atoms with E-state index in [1.165, 1.54) is 18.2 Å². The van der Waals surface area contributed by atoms with Gasteiger partial charge in [-0.25, -0.2) is 0 Å². The molecular formula is C14H22N2O5. The third-order valence-corrected chi connectivity index (χ3v) is 2.71. The van der Waals surface area contributed by atoms with Gasteiger partial charge in [0.15, 0.2) is 0 Å². The highest BCUT2D eigenvalue weighted by atomic mass is 16.6. The molecule has 0 aliphatic heterocycles. The molecule has 7 nitrogen and oxygen atoms in total. The Balaban J connectivity index is 2.18. The minimum atomic E-state index is -0.490. The van der Waals surface area contributed by atoms with E-state index >= 15 is 0 Å². The highest BCUT2D eigenvalue weighted by Crippen LogP contribution is 2.26. The maximum absolute atomic E-state index is 10.7. The lowest BCUT2D eigenvalue weighted by molar-refractivity contribution is -0.384. The largest absolute Gasteiger partial charge is 0.489 e. The van der Waals surface area contributed by atoms with E-state index in [1.54, 1.807) is 0 Å². The van der Waals surface area contributed by atoms with Crippen molar-refractivity contribution < 1.29 is 19.1 Å². The average Bonchev–Trinajstić information content (AvgIpc) is 2.47. The summed E-state index contributed by atoms with van der Waals surface area (Å²) in [6.45, 7) is 4.56. The highest BCUT2D eigenvalue weighted by molar-refractivity contribution is 5.57. The van der Waals surface area contributed by atoms with Crippen molar-refractivity contribution in [3.05, 3.63) is 28.3 Å². The molecular weight excluding hydrogens is 276 g/mol. The van der Waals surface area contributed by atoms with Crippen LogP contribution in [-0.2, 0) is 9.47 Å². The lowest BCUT2D eigenvalue weighted by Crippen LogP contribution is -2.11. The fraction of sp³-hybridized carbons (Fsp3) is 0.571. The SMILES string of the molecule is CCCCOCCOCCOc1cc([N+](=O)[O-])ccc1N. The molecule has 0 unspecified atom stereocenters. The maximum atomic E-state index is 10.7. The van der Waals surface area contributed by atoms with Crippen LogP contribution < -0.4 is 10.5 Å². The second-order valence-corrected chi connectivity index (χ2v) is 4.41. The van der Waals surface area contributed by atoms with Gasteiger partial charge in [0.25, 0.3) is 5.69 Å². The van der Waals surface area contributed by atoms with E-state index in [4.69, 9.17) is 19.9 Å². The summed E-state index contributed by atoms with van der Waals surface area (Å²) in [7, 11) is 0. The van der Waals surface area contributed by atoms with Crippen LogP contribution in [0.4, 0.5) is 11.4 Å².